The largest absolute Gasteiger partial charge is 0.489 e. The molecule has 3 heterocycles. The molecule has 1 atom stereocenters. The van der Waals surface area contributed by atoms with Gasteiger partial charge in [-0.05, 0) is 29.8 Å². The topological polar surface area (TPSA) is 110 Å². The molecule has 1 aromatic heterocycles. The van der Waals surface area contributed by atoms with Crippen LogP contribution in [0.4, 0.5) is 15.8 Å². The molecule has 9 nitrogen and oxygen atoms in total. The van der Waals surface area contributed by atoms with Crippen molar-refractivity contribution in [3.63, 3.8) is 0 Å². The molecular formula is C21H19FN4O5. The number of anilines is 2. The van der Waals surface area contributed by atoms with Crippen molar-refractivity contribution < 1.29 is 28.3 Å². The SMILES string of the molecule is O=C1COc2ccc(CN3c4ccc(F)cc4OCC3Cc3nc(CO)no3)cc2N1. The lowest BCUT2D eigenvalue weighted by Gasteiger charge is -2.38. The second-order valence-electron chi connectivity index (χ2n) is 7.34. The van der Waals surface area contributed by atoms with Crippen LogP contribution in [0.5, 0.6) is 11.5 Å². The number of nitrogens with zero attached hydrogens (tertiary/aromatic N) is 3. The number of fused-ring (bicyclic) bond motifs is 2. The second-order valence-corrected chi connectivity index (χ2v) is 7.34. The molecule has 3 aromatic rings. The van der Waals surface area contributed by atoms with Gasteiger partial charge in [-0.15, -0.1) is 0 Å². The summed E-state index contributed by atoms with van der Waals surface area (Å²) in [5, 5.41) is 15.7. The van der Waals surface area contributed by atoms with Gasteiger partial charge >= 0.3 is 0 Å². The Labute approximate surface area is 176 Å². The Kier molecular flexibility index (Phi) is 4.91. The van der Waals surface area contributed by atoms with E-state index in [1.165, 1.54) is 12.1 Å². The molecule has 0 saturated heterocycles. The van der Waals surface area contributed by atoms with Crippen LogP contribution in [-0.2, 0) is 24.4 Å². The van der Waals surface area contributed by atoms with Crippen LogP contribution in [0, 0.1) is 5.82 Å². The highest BCUT2D eigenvalue weighted by Gasteiger charge is 2.30. The van der Waals surface area contributed by atoms with E-state index in [9.17, 15) is 14.3 Å². The van der Waals surface area contributed by atoms with Crippen molar-refractivity contribution in [2.45, 2.75) is 25.6 Å². The maximum atomic E-state index is 13.7. The minimum atomic E-state index is -0.379. The van der Waals surface area contributed by atoms with Gasteiger partial charge in [-0.2, -0.15) is 4.98 Å². The van der Waals surface area contributed by atoms with Crippen molar-refractivity contribution in [3.05, 3.63) is 59.5 Å². The minimum Gasteiger partial charge on any atom is -0.489 e. The van der Waals surface area contributed by atoms with E-state index in [1.807, 2.05) is 18.2 Å². The molecule has 2 aliphatic heterocycles. The Bertz CT molecular complexity index is 1130. The maximum Gasteiger partial charge on any atom is 0.262 e. The van der Waals surface area contributed by atoms with Gasteiger partial charge in [0.15, 0.2) is 12.4 Å². The molecule has 5 rings (SSSR count). The number of ether oxygens (including phenoxy) is 2. The monoisotopic (exact) mass is 426 g/mol. The molecule has 0 fully saturated rings. The summed E-state index contributed by atoms with van der Waals surface area (Å²) in [5.74, 6) is 1.07. The molecule has 0 aliphatic carbocycles. The van der Waals surface area contributed by atoms with Crippen LogP contribution in [0.25, 0.3) is 0 Å². The third kappa shape index (κ3) is 3.89. The summed E-state index contributed by atoms with van der Waals surface area (Å²) in [7, 11) is 0. The fraction of sp³-hybridized carbons (Fsp3) is 0.286. The van der Waals surface area contributed by atoms with Crippen LogP contribution in [0.15, 0.2) is 40.9 Å². The third-order valence-corrected chi connectivity index (χ3v) is 5.19. The van der Waals surface area contributed by atoms with E-state index < -0.39 is 0 Å². The van der Waals surface area contributed by atoms with Crippen LogP contribution in [0.1, 0.15) is 17.3 Å². The smallest absolute Gasteiger partial charge is 0.262 e. The molecule has 0 radical (unpaired) electrons. The standard InChI is InChI=1S/C21H19FN4O5/c22-13-2-3-16-18(6-13)29-10-14(7-21-24-19(9-27)25-31-21)26(16)8-12-1-4-17-15(5-12)23-20(28)11-30-17/h1-6,14,27H,7-11H2,(H,23,28). The van der Waals surface area contributed by atoms with Gasteiger partial charge in [0.05, 0.1) is 23.8 Å². The van der Waals surface area contributed by atoms with Crippen molar-refractivity contribution in [2.75, 3.05) is 23.4 Å². The molecule has 2 aromatic carbocycles. The van der Waals surface area contributed by atoms with E-state index in [4.69, 9.17) is 14.0 Å². The number of halogens is 1. The summed E-state index contributed by atoms with van der Waals surface area (Å²) in [4.78, 5) is 17.9. The lowest BCUT2D eigenvalue weighted by atomic mass is 10.1. The van der Waals surface area contributed by atoms with Gasteiger partial charge in [0.25, 0.3) is 5.91 Å². The van der Waals surface area contributed by atoms with Crippen molar-refractivity contribution >= 4 is 17.3 Å². The first kappa shape index (κ1) is 19.3. The molecule has 1 unspecified atom stereocenters. The number of hydrogen-bond donors (Lipinski definition) is 2. The van der Waals surface area contributed by atoms with Crippen molar-refractivity contribution in [2.24, 2.45) is 0 Å². The van der Waals surface area contributed by atoms with Crippen molar-refractivity contribution in [3.8, 4) is 11.5 Å². The van der Waals surface area contributed by atoms with E-state index in [2.05, 4.69) is 20.4 Å². The molecule has 160 valence electrons. The first-order valence-corrected chi connectivity index (χ1v) is 9.76. The second kappa shape index (κ2) is 7.88. The number of rotatable bonds is 5. The van der Waals surface area contributed by atoms with Crippen LogP contribution in [0.2, 0.25) is 0 Å². The summed E-state index contributed by atoms with van der Waals surface area (Å²) in [6, 6.07) is 9.84. The van der Waals surface area contributed by atoms with Crippen LogP contribution in [-0.4, -0.2) is 40.4 Å². The zero-order chi connectivity index (χ0) is 21.4. The first-order valence-electron chi connectivity index (χ1n) is 9.76. The summed E-state index contributed by atoms with van der Waals surface area (Å²) in [6.45, 7) is 0.450. The van der Waals surface area contributed by atoms with Gasteiger partial charge in [-0.3, -0.25) is 4.79 Å². The number of carbonyl (C=O) groups excluding carboxylic acids is 1. The Morgan fingerprint density at radius 2 is 2.10 bits per heavy atom. The molecule has 1 amide bonds. The van der Waals surface area contributed by atoms with E-state index in [1.54, 1.807) is 6.07 Å². The van der Waals surface area contributed by atoms with Gasteiger partial charge in [0.2, 0.25) is 5.89 Å². The predicted molar refractivity (Wildman–Crippen MR) is 106 cm³/mol. The normalized spacial score (nSPS) is 17.3. The number of nitrogens with one attached hydrogen (secondary N) is 1. The average molecular weight is 426 g/mol. The highest BCUT2D eigenvalue weighted by molar-refractivity contribution is 5.95. The number of amides is 1. The number of aliphatic hydroxyl groups excluding tert-OH is 1. The lowest BCUT2D eigenvalue weighted by molar-refractivity contribution is -0.118. The number of carbonyl (C=O) groups is 1. The third-order valence-electron chi connectivity index (χ3n) is 5.19. The molecule has 0 bridgehead atoms. The van der Waals surface area contributed by atoms with Crippen LogP contribution < -0.4 is 19.7 Å². The number of benzene rings is 2. The summed E-state index contributed by atoms with van der Waals surface area (Å²) >= 11 is 0. The number of aliphatic hydroxyl groups is 1. The Morgan fingerprint density at radius 3 is 2.94 bits per heavy atom. The molecule has 0 spiro atoms. The number of hydrogen-bond acceptors (Lipinski definition) is 8. The Hall–Kier alpha value is -3.66. The molecule has 10 heteroatoms. The zero-order valence-corrected chi connectivity index (χ0v) is 16.4. The summed E-state index contributed by atoms with van der Waals surface area (Å²) in [5.41, 5.74) is 2.27. The average Bonchev–Trinajstić information content (AvgIpc) is 3.22. The molecular weight excluding hydrogens is 407 g/mol. The van der Waals surface area contributed by atoms with E-state index in [0.717, 1.165) is 11.3 Å². The minimum absolute atomic E-state index is 0.00314. The number of aromatic nitrogens is 2. The quantitative estimate of drug-likeness (QED) is 0.638. The van der Waals surface area contributed by atoms with Crippen molar-refractivity contribution in [1.82, 2.24) is 10.1 Å². The fourth-order valence-corrected chi connectivity index (χ4v) is 3.76. The van der Waals surface area contributed by atoms with Gasteiger partial charge in [0.1, 0.15) is 30.5 Å². The first-order chi connectivity index (χ1) is 15.1. The van der Waals surface area contributed by atoms with Gasteiger partial charge in [-0.1, -0.05) is 11.2 Å². The predicted octanol–water partition coefficient (Wildman–Crippen LogP) is 2.04. The van der Waals surface area contributed by atoms with E-state index >= 15 is 0 Å². The molecule has 2 N–H and O–H groups in total. The summed E-state index contributed by atoms with van der Waals surface area (Å²) < 4.78 is 30.2. The van der Waals surface area contributed by atoms with E-state index in [-0.39, 0.29) is 43.4 Å². The Balaban J connectivity index is 1.46. The maximum absolute atomic E-state index is 13.7. The highest BCUT2D eigenvalue weighted by atomic mass is 19.1. The molecule has 2 aliphatic rings. The van der Waals surface area contributed by atoms with Crippen LogP contribution in [0.3, 0.4) is 0 Å². The van der Waals surface area contributed by atoms with Gasteiger partial charge < -0.3 is 29.3 Å². The van der Waals surface area contributed by atoms with Gasteiger partial charge in [-0.25, -0.2) is 4.39 Å². The molecule has 31 heavy (non-hydrogen) atoms. The van der Waals surface area contributed by atoms with Crippen LogP contribution >= 0.6 is 0 Å². The Morgan fingerprint density at radius 1 is 1.19 bits per heavy atom. The van der Waals surface area contributed by atoms with Gasteiger partial charge in [0, 0.05) is 12.6 Å². The summed E-state index contributed by atoms with van der Waals surface area (Å²) in [6.07, 6.45) is 0.384. The lowest BCUT2D eigenvalue weighted by Crippen LogP contribution is -2.44. The van der Waals surface area contributed by atoms with Crippen molar-refractivity contribution in [1.29, 1.82) is 0 Å². The zero-order valence-electron chi connectivity index (χ0n) is 16.4. The fourth-order valence-electron chi connectivity index (χ4n) is 3.76. The molecule has 0 saturated carbocycles. The highest BCUT2D eigenvalue weighted by Crippen LogP contribution is 2.37. The van der Waals surface area contributed by atoms with E-state index in [0.29, 0.717) is 36.0 Å².